The summed E-state index contributed by atoms with van der Waals surface area (Å²) in [4.78, 5) is 11.9. The van der Waals surface area contributed by atoms with Crippen LogP contribution in [0.2, 0.25) is 0 Å². The van der Waals surface area contributed by atoms with E-state index in [0.717, 1.165) is 19.4 Å². The van der Waals surface area contributed by atoms with E-state index >= 15 is 0 Å². The summed E-state index contributed by atoms with van der Waals surface area (Å²) < 4.78 is 10.6. The van der Waals surface area contributed by atoms with Crippen LogP contribution in [0.5, 0.6) is 0 Å². The van der Waals surface area contributed by atoms with E-state index < -0.39 is 5.54 Å². The molecule has 18 heavy (non-hydrogen) atoms. The van der Waals surface area contributed by atoms with Crippen molar-refractivity contribution in [2.24, 2.45) is 0 Å². The molecule has 4 nitrogen and oxygen atoms in total. The summed E-state index contributed by atoms with van der Waals surface area (Å²) >= 11 is 0. The van der Waals surface area contributed by atoms with Crippen LogP contribution in [0.25, 0.3) is 0 Å². The van der Waals surface area contributed by atoms with Crippen LogP contribution < -0.4 is 5.32 Å². The van der Waals surface area contributed by atoms with E-state index in [0.29, 0.717) is 12.1 Å². The Bertz CT molecular complexity index is 287. The van der Waals surface area contributed by atoms with Gasteiger partial charge in [-0.2, -0.15) is 0 Å². The molecule has 2 aliphatic carbocycles. The molecule has 0 aromatic carbocycles. The van der Waals surface area contributed by atoms with Gasteiger partial charge in [0, 0.05) is 12.6 Å². The molecule has 0 aromatic heterocycles. The number of carbonyl (C=O) groups is 1. The van der Waals surface area contributed by atoms with Crippen molar-refractivity contribution < 1.29 is 14.3 Å². The van der Waals surface area contributed by atoms with Crippen LogP contribution >= 0.6 is 0 Å². The molecular formula is C14H25NO3. The van der Waals surface area contributed by atoms with E-state index in [9.17, 15) is 4.79 Å². The third-order valence-electron chi connectivity index (χ3n) is 3.96. The highest BCUT2D eigenvalue weighted by molar-refractivity contribution is 5.80. The largest absolute Gasteiger partial charge is 0.468 e. The smallest absolute Gasteiger partial charge is 0.325 e. The number of hydrogen-bond acceptors (Lipinski definition) is 4. The number of ether oxygens (including phenoxy) is 2. The first-order valence-corrected chi connectivity index (χ1v) is 7.12. The van der Waals surface area contributed by atoms with Crippen molar-refractivity contribution in [2.75, 3.05) is 13.7 Å². The molecule has 1 N–H and O–H groups in total. The zero-order chi connectivity index (χ0) is 13.0. The van der Waals surface area contributed by atoms with E-state index in [1.165, 1.54) is 39.2 Å². The lowest BCUT2D eigenvalue weighted by atomic mass is 9.95. The number of esters is 1. The van der Waals surface area contributed by atoms with Crippen LogP contribution in [0.3, 0.4) is 0 Å². The van der Waals surface area contributed by atoms with Crippen LogP contribution in [0.15, 0.2) is 0 Å². The van der Waals surface area contributed by atoms with Crippen LogP contribution in [0.1, 0.15) is 51.9 Å². The van der Waals surface area contributed by atoms with Crippen LogP contribution in [-0.4, -0.2) is 37.4 Å². The summed E-state index contributed by atoms with van der Waals surface area (Å²) in [7, 11) is 1.46. The second kappa shape index (κ2) is 6.02. The lowest BCUT2D eigenvalue weighted by molar-refractivity contribution is -0.148. The number of rotatable bonds is 8. The van der Waals surface area contributed by atoms with Gasteiger partial charge in [-0.15, -0.1) is 0 Å². The number of nitrogens with one attached hydrogen (secondary N) is 1. The van der Waals surface area contributed by atoms with Gasteiger partial charge in [-0.3, -0.25) is 10.1 Å². The predicted molar refractivity (Wildman–Crippen MR) is 69.4 cm³/mol. The Balaban J connectivity index is 1.71. The standard InChI is InChI=1S/C14H25NO3/c1-14(13(16)17-2,15-11-7-8-11)9-4-10-18-12-5-3-6-12/h11-12,15H,3-10H2,1-2H3. The minimum absolute atomic E-state index is 0.155. The minimum Gasteiger partial charge on any atom is -0.468 e. The Hall–Kier alpha value is -0.610. The maximum absolute atomic E-state index is 11.9. The highest BCUT2D eigenvalue weighted by Gasteiger charge is 2.38. The molecule has 2 rings (SSSR count). The quantitative estimate of drug-likeness (QED) is 0.532. The lowest BCUT2D eigenvalue weighted by Gasteiger charge is -2.29. The van der Waals surface area contributed by atoms with Crippen molar-refractivity contribution in [2.45, 2.75) is 69.6 Å². The molecule has 4 heteroatoms. The van der Waals surface area contributed by atoms with E-state index in [2.05, 4.69) is 5.32 Å². The highest BCUT2D eigenvalue weighted by Crippen LogP contribution is 2.26. The molecule has 0 radical (unpaired) electrons. The summed E-state index contributed by atoms with van der Waals surface area (Å²) in [5, 5.41) is 3.40. The zero-order valence-electron chi connectivity index (χ0n) is 11.5. The van der Waals surface area contributed by atoms with Crippen molar-refractivity contribution in [3.63, 3.8) is 0 Å². The van der Waals surface area contributed by atoms with E-state index in [4.69, 9.17) is 9.47 Å². The molecule has 2 aliphatic rings. The van der Waals surface area contributed by atoms with Gasteiger partial charge in [0.25, 0.3) is 0 Å². The normalized spacial score (nSPS) is 23.2. The monoisotopic (exact) mass is 255 g/mol. The molecule has 2 saturated carbocycles. The maximum Gasteiger partial charge on any atom is 0.325 e. The van der Waals surface area contributed by atoms with Gasteiger partial charge in [-0.1, -0.05) is 0 Å². The van der Waals surface area contributed by atoms with Crippen molar-refractivity contribution in [1.29, 1.82) is 0 Å². The van der Waals surface area contributed by atoms with Crippen molar-refractivity contribution in [3.8, 4) is 0 Å². The van der Waals surface area contributed by atoms with Gasteiger partial charge in [0.2, 0.25) is 0 Å². The fourth-order valence-electron chi connectivity index (χ4n) is 2.35. The van der Waals surface area contributed by atoms with Crippen LogP contribution in [0.4, 0.5) is 0 Å². The van der Waals surface area contributed by atoms with Gasteiger partial charge in [-0.05, 0) is 51.9 Å². The SMILES string of the molecule is COC(=O)C(C)(CCCOC1CCC1)NC1CC1. The fraction of sp³-hybridized carbons (Fsp3) is 0.929. The molecule has 104 valence electrons. The van der Waals surface area contributed by atoms with Gasteiger partial charge in [0.05, 0.1) is 13.2 Å². The predicted octanol–water partition coefficient (Wildman–Crippen LogP) is 2.02. The zero-order valence-corrected chi connectivity index (χ0v) is 11.5. The first kappa shape index (κ1) is 13.8. The second-order valence-corrected chi connectivity index (χ2v) is 5.77. The van der Waals surface area contributed by atoms with Crippen LogP contribution in [0, 0.1) is 0 Å². The Morgan fingerprint density at radius 2 is 2.06 bits per heavy atom. The molecule has 0 heterocycles. The first-order valence-electron chi connectivity index (χ1n) is 7.12. The van der Waals surface area contributed by atoms with Gasteiger partial charge < -0.3 is 9.47 Å². The number of hydrogen-bond donors (Lipinski definition) is 1. The van der Waals surface area contributed by atoms with E-state index in [1.807, 2.05) is 6.92 Å². The molecule has 0 bridgehead atoms. The summed E-state index contributed by atoms with van der Waals surface area (Å²) in [6.07, 6.45) is 8.21. The average Bonchev–Trinajstić information content (AvgIpc) is 3.09. The van der Waals surface area contributed by atoms with Gasteiger partial charge in [-0.25, -0.2) is 0 Å². The average molecular weight is 255 g/mol. The van der Waals surface area contributed by atoms with Crippen LogP contribution in [-0.2, 0) is 14.3 Å². The lowest BCUT2D eigenvalue weighted by Crippen LogP contribution is -2.51. The summed E-state index contributed by atoms with van der Waals surface area (Å²) in [6.45, 7) is 2.70. The molecule has 1 atom stereocenters. The summed E-state index contributed by atoms with van der Waals surface area (Å²) in [5.41, 5.74) is -0.543. The topological polar surface area (TPSA) is 47.6 Å². The molecule has 0 aromatic rings. The molecular weight excluding hydrogens is 230 g/mol. The Morgan fingerprint density at radius 1 is 1.33 bits per heavy atom. The number of methoxy groups -OCH3 is 1. The second-order valence-electron chi connectivity index (χ2n) is 5.77. The van der Waals surface area contributed by atoms with Crippen molar-refractivity contribution in [1.82, 2.24) is 5.32 Å². The molecule has 0 amide bonds. The molecule has 2 fully saturated rings. The number of carbonyl (C=O) groups excluding carboxylic acids is 1. The third kappa shape index (κ3) is 3.69. The first-order chi connectivity index (χ1) is 8.64. The maximum atomic E-state index is 11.9. The highest BCUT2D eigenvalue weighted by atomic mass is 16.5. The Labute approximate surface area is 109 Å². The molecule has 0 saturated heterocycles. The van der Waals surface area contributed by atoms with Gasteiger partial charge in [0.15, 0.2) is 0 Å². The van der Waals surface area contributed by atoms with Gasteiger partial charge >= 0.3 is 5.97 Å². The summed E-state index contributed by atoms with van der Waals surface area (Å²) in [6, 6.07) is 0.502. The van der Waals surface area contributed by atoms with Gasteiger partial charge in [0.1, 0.15) is 5.54 Å². The molecule has 0 aliphatic heterocycles. The fourth-order valence-corrected chi connectivity index (χ4v) is 2.35. The Morgan fingerprint density at radius 3 is 2.56 bits per heavy atom. The Kier molecular flexibility index (Phi) is 4.62. The van der Waals surface area contributed by atoms with E-state index in [-0.39, 0.29) is 5.97 Å². The third-order valence-corrected chi connectivity index (χ3v) is 3.96. The molecule has 1 unspecified atom stereocenters. The van der Waals surface area contributed by atoms with E-state index in [1.54, 1.807) is 0 Å². The minimum atomic E-state index is -0.543. The van der Waals surface area contributed by atoms with Crippen molar-refractivity contribution in [3.05, 3.63) is 0 Å². The van der Waals surface area contributed by atoms with Crippen molar-refractivity contribution >= 4 is 5.97 Å². The molecule has 0 spiro atoms. The summed E-state index contributed by atoms with van der Waals surface area (Å²) in [5.74, 6) is -0.155.